The van der Waals surface area contributed by atoms with Crippen LogP contribution in [0.15, 0.2) is 24.3 Å². The second-order valence-corrected chi connectivity index (χ2v) is 5.40. The van der Waals surface area contributed by atoms with E-state index in [1.165, 1.54) is 0 Å². The van der Waals surface area contributed by atoms with E-state index in [4.69, 9.17) is 9.47 Å². The lowest BCUT2D eigenvalue weighted by Crippen LogP contribution is -2.51. The molecule has 4 heteroatoms. The van der Waals surface area contributed by atoms with E-state index in [1.54, 1.807) is 0 Å². The highest BCUT2D eigenvalue weighted by molar-refractivity contribution is 6.04. The number of hydrogen-bond donors (Lipinski definition) is 1. The molecule has 2 heterocycles. The van der Waals surface area contributed by atoms with Crippen molar-refractivity contribution >= 4 is 11.6 Å². The smallest absolute Gasteiger partial charge is 0.289 e. The van der Waals surface area contributed by atoms with Crippen molar-refractivity contribution in [3.05, 3.63) is 29.8 Å². The zero-order valence-corrected chi connectivity index (χ0v) is 11.4. The molecule has 2 aliphatic heterocycles. The van der Waals surface area contributed by atoms with Crippen LogP contribution in [-0.2, 0) is 20.1 Å². The van der Waals surface area contributed by atoms with E-state index >= 15 is 0 Å². The fourth-order valence-electron chi connectivity index (χ4n) is 2.74. The Balaban J connectivity index is 1.93. The number of ether oxygens (including phenoxy) is 2. The molecule has 0 saturated carbocycles. The van der Waals surface area contributed by atoms with E-state index in [0.717, 1.165) is 24.1 Å². The Bertz CT molecular complexity index is 498. The Hall–Kier alpha value is -1.39. The summed E-state index contributed by atoms with van der Waals surface area (Å²) < 4.78 is 11.9. The zero-order chi connectivity index (χ0) is 13.5. The highest BCUT2D eigenvalue weighted by Crippen LogP contribution is 2.46. The molecule has 2 aliphatic rings. The van der Waals surface area contributed by atoms with Crippen molar-refractivity contribution in [1.29, 1.82) is 0 Å². The van der Waals surface area contributed by atoms with Crippen molar-refractivity contribution in [2.75, 3.05) is 18.5 Å². The van der Waals surface area contributed by atoms with Crippen molar-refractivity contribution in [3.63, 3.8) is 0 Å². The van der Waals surface area contributed by atoms with Gasteiger partial charge < -0.3 is 14.8 Å². The third-order valence-corrected chi connectivity index (χ3v) is 4.49. The van der Waals surface area contributed by atoms with Crippen LogP contribution < -0.4 is 5.32 Å². The average molecular weight is 261 g/mol. The lowest BCUT2D eigenvalue weighted by molar-refractivity contribution is -0.291. The van der Waals surface area contributed by atoms with Gasteiger partial charge in [0.25, 0.3) is 11.7 Å². The maximum Gasteiger partial charge on any atom is 0.289 e. The SMILES string of the molecule is CCC1(CC)COC2(OC1)C(=O)Nc1ccccc12. The average Bonchev–Trinajstić information content (AvgIpc) is 2.74. The van der Waals surface area contributed by atoms with Gasteiger partial charge in [-0.3, -0.25) is 4.79 Å². The summed E-state index contributed by atoms with van der Waals surface area (Å²) in [5.41, 5.74) is 1.61. The topological polar surface area (TPSA) is 47.6 Å². The number of fused-ring (bicyclic) bond motifs is 2. The van der Waals surface area contributed by atoms with Crippen LogP contribution in [0, 0.1) is 5.41 Å². The summed E-state index contributed by atoms with van der Waals surface area (Å²) in [6.07, 6.45) is 1.98. The van der Waals surface area contributed by atoms with Crippen molar-refractivity contribution in [3.8, 4) is 0 Å². The number of carbonyl (C=O) groups is 1. The van der Waals surface area contributed by atoms with Gasteiger partial charge in [-0.05, 0) is 18.9 Å². The fraction of sp³-hybridized carbons (Fsp3) is 0.533. The summed E-state index contributed by atoms with van der Waals surface area (Å²) in [4.78, 5) is 12.2. The molecule has 0 atom stereocenters. The number of nitrogens with one attached hydrogen (secondary N) is 1. The molecule has 0 aromatic heterocycles. The highest BCUT2D eigenvalue weighted by atomic mass is 16.7. The monoisotopic (exact) mass is 261 g/mol. The van der Waals surface area contributed by atoms with Crippen LogP contribution in [0.3, 0.4) is 0 Å². The quantitative estimate of drug-likeness (QED) is 0.890. The van der Waals surface area contributed by atoms with Gasteiger partial charge in [0.1, 0.15) is 0 Å². The predicted octanol–water partition coefficient (Wildman–Crippen LogP) is 2.64. The van der Waals surface area contributed by atoms with Crippen LogP contribution in [0.4, 0.5) is 5.69 Å². The molecule has 1 N–H and O–H groups in total. The van der Waals surface area contributed by atoms with Crippen molar-refractivity contribution in [2.24, 2.45) is 5.41 Å². The van der Waals surface area contributed by atoms with Gasteiger partial charge in [0.15, 0.2) is 0 Å². The molecule has 0 radical (unpaired) electrons. The van der Waals surface area contributed by atoms with Crippen LogP contribution >= 0.6 is 0 Å². The molecule has 1 spiro atoms. The number of carbonyl (C=O) groups excluding carboxylic acids is 1. The predicted molar refractivity (Wildman–Crippen MR) is 71.7 cm³/mol. The third kappa shape index (κ3) is 1.70. The minimum atomic E-state index is -1.23. The molecule has 0 bridgehead atoms. The Kier molecular flexibility index (Phi) is 2.87. The summed E-state index contributed by atoms with van der Waals surface area (Å²) in [6.45, 7) is 5.39. The molecule has 0 aliphatic carbocycles. The largest absolute Gasteiger partial charge is 0.338 e. The number of amides is 1. The Labute approximate surface area is 113 Å². The van der Waals surface area contributed by atoms with Gasteiger partial charge in [0.2, 0.25) is 0 Å². The molecule has 1 fully saturated rings. The second-order valence-electron chi connectivity index (χ2n) is 5.40. The lowest BCUT2D eigenvalue weighted by Gasteiger charge is -2.42. The van der Waals surface area contributed by atoms with Crippen molar-refractivity contribution in [1.82, 2.24) is 0 Å². The fourth-order valence-corrected chi connectivity index (χ4v) is 2.74. The first-order chi connectivity index (χ1) is 9.16. The van der Waals surface area contributed by atoms with E-state index in [-0.39, 0.29) is 11.3 Å². The van der Waals surface area contributed by atoms with Crippen molar-refractivity contribution < 1.29 is 14.3 Å². The standard InChI is InChI=1S/C15H19NO3/c1-3-14(4-2)9-18-15(19-10-14)11-7-5-6-8-12(11)16-13(15)17/h5-8H,3-4,9-10H2,1-2H3,(H,16,17). The molecule has 1 aromatic carbocycles. The van der Waals surface area contributed by atoms with E-state index in [0.29, 0.717) is 13.2 Å². The first-order valence-corrected chi connectivity index (χ1v) is 6.85. The summed E-state index contributed by atoms with van der Waals surface area (Å²) in [5.74, 6) is -1.45. The van der Waals surface area contributed by atoms with E-state index in [2.05, 4.69) is 19.2 Å². The van der Waals surface area contributed by atoms with Crippen LogP contribution in [0.5, 0.6) is 0 Å². The minimum Gasteiger partial charge on any atom is -0.338 e. The number of anilines is 1. The molecule has 3 rings (SSSR count). The Morgan fingerprint density at radius 2 is 1.79 bits per heavy atom. The van der Waals surface area contributed by atoms with E-state index in [1.807, 2.05) is 24.3 Å². The summed E-state index contributed by atoms with van der Waals surface area (Å²) in [5, 5.41) is 2.83. The molecule has 1 aromatic rings. The van der Waals surface area contributed by atoms with Gasteiger partial charge in [0, 0.05) is 11.0 Å². The highest BCUT2D eigenvalue weighted by Gasteiger charge is 2.54. The van der Waals surface area contributed by atoms with Crippen LogP contribution in [-0.4, -0.2) is 19.1 Å². The molecule has 4 nitrogen and oxygen atoms in total. The van der Waals surface area contributed by atoms with E-state index in [9.17, 15) is 4.79 Å². The maximum absolute atomic E-state index is 12.2. The second kappa shape index (κ2) is 4.32. The van der Waals surface area contributed by atoms with Gasteiger partial charge in [-0.25, -0.2) is 0 Å². The minimum absolute atomic E-state index is 0.0308. The number of benzene rings is 1. The first-order valence-electron chi connectivity index (χ1n) is 6.85. The van der Waals surface area contributed by atoms with Crippen molar-refractivity contribution in [2.45, 2.75) is 32.5 Å². The van der Waals surface area contributed by atoms with Gasteiger partial charge >= 0.3 is 0 Å². The van der Waals surface area contributed by atoms with Gasteiger partial charge in [-0.1, -0.05) is 32.0 Å². The van der Waals surface area contributed by atoms with Crippen LogP contribution in [0.1, 0.15) is 32.3 Å². The zero-order valence-electron chi connectivity index (χ0n) is 11.4. The number of rotatable bonds is 2. The summed E-state index contributed by atoms with van der Waals surface area (Å²) in [6, 6.07) is 7.55. The molecule has 102 valence electrons. The Morgan fingerprint density at radius 1 is 1.16 bits per heavy atom. The number of hydrogen-bond acceptors (Lipinski definition) is 3. The molecule has 1 saturated heterocycles. The number of para-hydroxylation sites is 1. The third-order valence-electron chi connectivity index (χ3n) is 4.49. The van der Waals surface area contributed by atoms with Gasteiger partial charge in [-0.15, -0.1) is 0 Å². The van der Waals surface area contributed by atoms with E-state index < -0.39 is 5.79 Å². The molecule has 0 unspecified atom stereocenters. The van der Waals surface area contributed by atoms with Crippen LogP contribution in [0.25, 0.3) is 0 Å². The van der Waals surface area contributed by atoms with Gasteiger partial charge in [0.05, 0.1) is 18.9 Å². The molecule has 1 amide bonds. The summed E-state index contributed by atoms with van der Waals surface area (Å²) >= 11 is 0. The molecular weight excluding hydrogens is 242 g/mol. The normalized spacial score (nSPS) is 23.2. The molecule has 19 heavy (non-hydrogen) atoms. The first kappa shape index (κ1) is 12.6. The van der Waals surface area contributed by atoms with Crippen LogP contribution in [0.2, 0.25) is 0 Å². The van der Waals surface area contributed by atoms with Gasteiger partial charge in [-0.2, -0.15) is 0 Å². The molecular formula is C15H19NO3. The Morgan fingerprint density at radius 3 is 2.42 bits per heavy atom. The maximum atomic E-state index is 12.2. The summed E-state index contributed by atoms with van der Waals surface area (Å²) in [7, 11) is 0. The lowest BCUT2D eigenvalue weighted by atomic mass is 9.83.